The van der Waals surface area contributed by atoms with E-state index in [2.05, 4.69) is 27.2 Å². The molecule has 1 amide bonds. The molecule has 42 heavy (non-hydrogen) atoms. The molecule has 0 aromatic heterocycles. The van der Waals surface area contributed by atoms with E-state index < -0.39 is 5.91 Å². The topological polar surface area (TPSA) is 86.8 Å². The van der Waals surface area contributed by atoms with Crippen LogP contribution in [-0.4, -0.2) is 60.9 Å². The van der Waals surface area contributed by atoms with Crippen LogP contribution in [-0.2, 0) is 11.2 Å². The highest BCUT2D eigenvalue weighted by Gasteiger charge is 2.33. The maximum absolute atomic E-state index is 13.7. The van der Waals surface area contributed by atoms with Crippen molar-refractivity contribution in [2.24, 2.45) is 0 Å². The fraction of sp³-hybridized carbons (Fsp3) is 0.200. The third kappa shape index (κ3) is 5.39. The van der Waals surface area contributed by atoms with Crippen molar-refractivity contribution >= 4 is 34.6 Å². The normalized spacial score (nSPS) is 14.7. The van der Waals surface area contributed by atoms with Crippen molar-refractivity contribution in [1.29, 1.82) is 0 Å². The zero-order chi connectivity index (χ0) is 29.2. The van der Waals surface area contributed by atoms with Gasteiger partial charge in [0.05, 0.1) is 17.8 Å². The van der Waals surface area contributed by atoms with E-state index in [0.29, 0.717) is 22.3 Å². The highest BCUT2D eigenvalue weighted by atomic mass is 16.2. The third-order valence-electron chi connectivity index (χ3n) is 8.01. The lowest BCUT2D eigenvalue weighted by Gasteiger charge is -2.35. The highest BCUT2D eigenvalue weighted by Crippen LogP contribution is 2.35. The molecular weight excluding hydrogens is 526 g/mol. The van der Waals surface area contributed by atoms with Crippen LogP contribution < -0.4 is 10.2 Å². The number of benzene rings is 4. The molecule has 7 heteroatoms. The summed E-state index contributed by atoms with van der Waals surface area (Å²) in [4.78, 5) is 58.3. The van der Waals surface area contributed by atoms with E-state index in [1.807, 2.05) is 37.3 Å². The second-order valence-corrected chi connectivity index (χ2v) is 10.9. The Morgan fingerprint density at radius 2 is 1.36 bits per heavy atom. The van der Waals surface area contributed by atoms with Gasteiger partial charge in [0.15, 0.2) is 17.3 Å². The molecule has 0 bridgehead atoms. The standard InChI is InChI=1S/C35H31N3O4/c1-23-11-13-24(14-12-23)35(42)36-32-25(15-16-30-31(32)34(41)29-10-6-5-9-28(29)33(30)40)21-27(39)22-37-17-19-38(20-18-37)26-7-3-2-4-8-26/h2-16H,17-22H2,1H3,(H,36,42). The van der Waals surface area contributed by atoms with Crippen LogP contribution in [0.4, 0.5) is 11.4 Å². The summed E-state index contributed by atoms with van der Waals surface area (Å²) < 4.78 is 0. The molecule has 1 aliphatic heterocycles. The van der Waals surface area contributed by atoms with E-state index in [4.69, 9.17) is 0 Å². The summed E-state index contributed by atoms with van der Waals surface area (Å²) in [5.41, 5.74) is 4.35. The summed E-state index contributed by atoms with van der Waals surface area (Å²) in [5, 5.41) is 2.90. The molecule has 0 saturated carbocycles. The van der Waals surface area contributed by atoms with Gasteiger partial charge in [-0.15, -0.1) is 0 Å². The smallest absolute Gasteiger partial charge is 0.255 e. The number of nitrogens with one attached hydrogen (secondary N) is 1. The molecule has 1 N–H and O–H groups in total. The van der Waals surface area contributed by atoms with Gasteiger partial charge in [-0.3, -0.25) is 24.1 Å². The number of aryl methyl sites for hydroxylation is 1. The van der Waals surface area contributed by atoms with Crippen molar-refractivity contribution in [3.05, 3.63) is 130 Å². The van der Waals surface area contributed by atoms with Gasteiger partial charge in [-0.2, -0.15) is 0 Å². The van der Waals surface area contributed by atoms with Gasteiger partial charge in [0.25, 0.3) is 5.91 Å². The van der Waals surface area contributed by atoms with Crippen LogP contribution in [0.25, 0.3) is 0 Å². The predicted octanol–water partition coefficient (Wildman–Crippen LogP) is 4.96. The quantitative estimate of drug-likeness (QED) is 0.305. The number of anilines is 2. The molecular formula is C35H31N3O4. The first-order valence-electron chi connectivity index (χ1n) is 14.2. The first kappa shape index (κ1) is 27.3. The number of piperazine rings is 1. The molecule has 1 saturated heterocycles. The Balaban J connectivity index is 1.26. The summed E-state index contributed by atoms with van der Waals surface area (Å²) in [6.45, 7) is 5.36. The minimum atomic E-state index is -0.409. The molecule has 4 aromatic carbocycles. The van der Waals surface area contributed by atoms with Gasteiger partial charge in [0.1, 0.15) is 0 Å². The van der Waals surface area contributed by atoms with Gasteiger partial charge in [0.2, 0.25) is 0 Å². The number of nitrogens with zero attached hydrogens (tertiary/aromatic N) is 2. The molecule has 0 radical (unpaired) electrons. The second kappa shape index (κ2) is 11.5. The van der Waals surface area contributed by atoms with Gasteiger partial charge in [-0.05, 0) is 42.8 Å². The fourth-order valence-corrected chi connectivity index (χ4v) is 5.73. The number of carbonyl (C=O) groups excluding carboxylic acids is 4. The van der Waals surface area contributed by atoms with E-state index in [1.165, 1.54) is 5.69 Å². The minimum absolute atomic E-state index is 0.0241. The van der Waals surface area contributed by atoms with Crippen LogP contribution >= 0.6 is 0 Å². The number of fused-ring (bicyclic) bond motifs is 2. The van der Waals surface area contributed by atoms with E-state index in [-0.39, 0.29) is 47.1 Å². The summed E-state index contributed by atoms with van der Waals surface area (Å²) >= 11 is 0. The zero-order valence-electron chi connectivity index (χ0n) is 23.4. The van der Waals surface area contributed by atoms with E-state index in [9.17, 15) is 19.2 Å². The summed E-state index contributed by atoms with van der Waals surface area (Å²) in [6.07, 6.45) is 0.0266. The monoisotopic (exact) mass is 557 g/mol. The molecule has 6 rings (SSSR count). The van der Waals surface area contributed by atoms with Crippen LogP contribution in [0.2, 0.25) is 0 Å². The Hall–Kier alpha value is -4.88. The van der Waals surface area contributed by atoms with Crippen molar-refractivity contribution in [2.45, 2.75) is 13.3 Å². The number of para-hydroxylation sites is 1. The Labute approximate surface area is 244 Å². The van der Waals surface area contributed by atoms with Gasteiger partial charge in [0, 0.05) is 60.5 Å². The summed E-state index contributed by atoms with van der Waals surface area (Å²) in [7, 11) is 0. The summed E-state index contributed by atoms with van der Waals surface area (Å²) in [6, 6.07) is 27.3. The molecule has 0 atom stereocenters. The van der Waals surface area contributed by atoms with Gasteiger partial charge < -0.3 is 10.2 Å². The Morgan fingerprint density at radius 3 is 2.05 bits per heavy atom. The van der Waals surface area contributed by atoms with Crippen LogP contribution in [0, 0.1) is 6.92 Å². The van der Waals surface area contributed by atoms with Gasteiger partial charge in [-0.25, -0.2) is 0 Å². The molecule has 2 aliphatic rings. The first-order chi connectivity index (χ1) is 20.4. The lowest BCUT2D eigenvalue weighted by atomic mass is 9.81. The average Bonchev–Trinajstić information content (AvgIpc) is 3.01. The molecule has 1 heterocycles. The zero-order valence-corrected chi connectivity index (χ0v) is 23.4. The van der Waals surface area contributed by atoms with Crippen LogP contribution in [0.1, 0.15) is 53.3 Å². The second-order valence-electron chi connectivity index (χ2n) is 10.9. The number of carbonyl (C=O) groups is 4. The molecule has 7 nitrogen and oxygen atoms in total. The molecule has 210 valence electrons. The number of amides is 1. The lowest BCUT2D eigenvalue weighted by molar-refractivity contribution is -0.119. The average molecular weight is 558 g/mol. The van der Waals surface area contributed by atoms with Crippen LogP contribution in [0.3, 0.4) is 0 Å². The van der Waals surface area contributed by atoms with Gasteiger partial charge >= 0.3 is 0 Å². The van der Waals surface area contributed by atoms with Crippen molar-refractivity contribution in [2.75, 3.05) is 42.9 Å². The Kier molecular flexibility index (Phi) is 7.50. The lowest BCUT2D eigenvalue weighted by Crippen LogP contribution is -2.48. The molecule has 1 aliphatic carbocycles. The largest absolute Gasteiger partial charge is 0.369 e. The van der Waals surface area contributed by atoms with Crippen molar-refractivity contribution in [3.8, 4) is 0 Å². The molecule has 4 aromatic rings. The fourth-order valence-electron chi connectivity index (χ4n) is 5.73. The summed E-state index contributed by atoms with van der Waals surface area (Å²) in [5.74, 6) is -1.05. The SMILES string of the molecule is Cc1ccc(C(=O)Nc2c(CC(=O)CN3CCN(c4ccccc4)CC3)ccc3c2C(=O)c2ccccc2C3=O)cc1. The van der Waals surface area contributed by atoms with E-state index in [0.717, 1.165) is 31.7 Å². The Bertz CT molecular complexity index is 1690. The maximum atomic E-state index is 13.7. The first-order valence-corrected chi connectivity index (χ1v) is 14.2. The number of ketones is 3. The third-order valence-corrected chi connectivity index (χ3v) is 8.01. The van der Waals surface area contributed by atoms with E-state index >= 15 is 0 Å². The molecule has 1 fully saturated rings. The van der Waals surface area contributed by atoms with E-state index in [1.54, 1.807) is 48.5 Å². The number of Topliss-reactive ketones (excluding diaryl/α,β-unsaturated/α-hetero) is 1. The Morgan fingerprint density at radius 1 is 0.714 bits per heavy atom. The van der Waals surface area contributed by atoms with Crippen molar-refractivity contribution in [1.82, 2.24) is 4.90 Å². The number of rotatable bonds is 7. The number of hydrogen-bond donors (Lipinski definition) is 1. The molecule has 0 unspecified atom stereocenters. The van der Waals surface area contributed by atoms with Crippen molar-refractivity contribution < 1.29 is 19.2 Å². The van der Waals surface area contributed by atoms with Crippen molar-refractivity contribution in [3.63, 3.8) is 0 Å². The highest BCUT2D eigenvalue weighted by molar-refractivity contribution is 6.31. The van der Waals surface area contributed by atoms with Gasteiger partial charge in [-0.1, -0.05) is 66.2 Å². The van der Waals surface area contributed by atoms with Crippen LogP contribution in [0.15, 0.2) is 91.0 Å². The van der Waals surface area contributed by atoms with Crippen LogP contribution in [0.5, 0.6) is 0 Å². The minimum Gasteiger partial charge on any atom is -0.369 e. The maximum Gasteiger partial charge on any atom is 0.255 e. The number of hydrogen-bond acceptors (Lipinski definition) is 6. The molecule has 0 spiro atoms. The predicted molar refractivity (Wildman–Crippen MR) is 163 cm³/mol.